The first-order valence-electron chi connectivity index (χ1n) is 19.1. The first-order chi connectivity index (χ1) is 26.3. The Hall–Kier alpha value is -6.32. The summed E-state index contributed by atoms with van der Waals surface area (Å²) >= 11 is 0. The van der Waals surface area contributed by atoms with Crippen molar-refractivity contribution in [2.75, 3.05) is 4.90 Å². The van der Waals surface area contributed by atoms with Crippen LogP contribution < -0.4 is 4.90 Å². The fraction of sp³-hybridized carbons (Fsp3) is 0.120. The van der Waals surface area contributed by atoms with E-state index in [9.17, 15) is 0 Å². The number of rotatable bonds is 4. The standard InChI is InChI=1S/C50H36N2O/c1-2-11-33(12-3-1)51(34-25-21-31(22-26-34)36-16-10-17-40-38-14-6-9-20-47(38)53-50(36)40)35-27-23-32-24-28-39-43(42(32)29-35)30-44-37-13-4-7-18-45(37)52-46-19-8-5-15-41(46)48(39)49(44)52/h1-5,7-9,11-13,15,18-30,40H,6,10,14,16-17H2. The lowest BCUT2D eigenvalue weighted by Crippen LogP contribution is -2.12. The number of ether oxygens (including phenoxy) is 1. The molecule has 3 nitrogen and oxygen atoms in total. The van der Waals surface area contributed by atoms with E-state index >= 15 is 0 Å². The highest BCUT2D eigenvalue weighted by molar-refractivity contribution is 6.33. The molecule has 0 amide bonds. The first-order valence-corrected chi connectivity index (χ1v) is 19.1. The molecule has 12 rings (SSSR count). The topological polar surface area (TPSA) is 16.9 Å². The van der Waals surface area contributed by atoms with Crippen LogP contribution >= 0.6 is 0 Å². The Morgan fingerprint density at radius 1 is 0.585 bits per heavy atom. The minimum absolute atomic E-state index is 0.447. The number of aromatic nitrogens is 1. The van der Waals surface area contributed by atoms with E-state index < -0.39 is 0 Å². The molecule has 0 fully saturated rings. The normalized spacial score (nSPS) is 17.2. The number of para-hydroxylation sites is 3. The van der Waals surface area contributed by atoms with Gasteiger partial charge < -0.3 is 14.0 Å². The van der Waals surface area contributed by atoms with Gasteiger partial charge in [0.15, 0.2) is 0 Å². The molecule has 0 saturated carbocycles. The molecule has 1 atom stereocenters. The van der Waals surface area contributed by atoms with E-state index in [0.29, 0.717) is 5.92 Å². The smallest absolute Gasteiger partial charge is 0.126 e. The SMILES string of the molecule is C1=CC2=C(CC1)C1CCCC(c3ccc(N(c4ccccc4)c4ccc5ccc6c(cc7c8ccccc8n8c9ccccc9c6c78)c5c4)cc3)=C1O2. The monoisotopic (exact) mass is 680 g/mol. The average Bonchev–Trinajstić information content (AvgIpc) is 3.88. The van der Waals surface area contributed by atoms with Crippen LogP contribution in [0.2, 0.25) is 0 Å². The van der Waals surface area contributed by atoms with Gasteiger partial charge in [-0.15, -0.1) is 0 Å². The summed E-state index contributed by atoms with van der Waals surface area (Å²) in [6.45, 7) is 0. The summed E-state index contributed by atoms with van der Waals surface area (Å²) in [4.78, 5) is 2.40. The minimum Gasteiger partial charge on any atom is -0.461 e. The zero-order valence-corrected chi connectivity index (χ0v) is 29.3. The van der Waals surface area contributed by atoms with E-state index in [1.807, 2.05) is 0 Å². The van der Waals surface area contributed by atoms with Gasteiger partial charge in [-0.25, -0.2) is 0 Å². The van der Waals surface area contributed by atoms with Crippen molar-refractivity contribution in [3.8, 4) is 0 Å². The molecule has 3 heteroatoms. The molecular formula is C50H36N2O. The number of benzene rings is 7. The van der Waals surface area contributed by atoms with Gasteiger partial charge >= 0.3 is 0 Å². The Kier molecular flexibility index (Phi) is 6.13. The molecule has 1 unspecified atom stereocenters. The predicted molar refractivity (Wildman–Crippen MR) is 222 cm³/mol. The Balaban J connectivity index is 1.04. The molecule has 0 spiro atoms. The van der Waals surface area contributed by atoms with Crippen molar-refractivity contribution in [3.05, 3.63) is 174 Å². The number of nitrogens with zero attached hydrogens (tertiary/aromatic N) is 2. The third-order valence-corrected chi connectivity index (χ3v) is 12.3. The Morgan fingerprint density at radius 3 is 2.19 bits per heavy atom. The molecule has 0 N–H and O–H groups in total. The Morgan fingerprint density at radius 2 is 1.32 bits per heavy atom. The van der Waals surface area contributed by atoms with Crippen molar-refractivity contribution in [1.29, 1.82) is 0 Å². The van der Waals surface area contributed by atoms with E-state index in [0.717, 1.165) is 42.1 Å². The van der Waals surface area contributed by atoms with Crippen molar-refractivity contribution in [2.24, 2.45) is 5.92 Å². The number of anilines is 3. The van der Waals surface area contributed by atoms with Crippen LogP contribution in [-0.2, 0) is 4.74 Å². The summed E-state index contributed by atoms with van der Waals surface area (Å²) < 4.78 is 9.05. The highest BCUT2D eigenvalue weighted by atomic mass is 16.5. The van der Waals surface area contributed by atoms with E-state index in [1.165, 1.54) is 95.0 Å². The highest BCUT2D eigenvalue weighted by Gasteiger charge is 2.36. The molecule has 2 aromatic heterocycles. The van der Waals surface area contributed by atoms with Crippen molar-refractivity contribution in [2.45, 2.75) is 32.1 Å². The lowest BCUT2D eigenvalue weighted by Gasteiger charge is -2.27. The number of hydrogen-bond donors (Lipinski definition) is 0. The van der Waals surface area contributed by atoms with E-state index in [1.54, 1.807) is 0 Å². The van der Waals surface area contributed by atoms with Crippen molar-refractivity contribution < 1.29 is 4.74 Å². The van der Waals surface area contributed by atoms with Crippen LogP contribution in [0.25, 0.3) is 65.2 Å². The summed E-state index contributed by atoms with van der Waals surface area (Å²) in [6.07, 6.45) is 10.2. The Labute approximate surface area is 307 Å². The zero-order chi connectivity index (χ0) is 34.6. The summed E-state index contributed by atoms with van der Waals surface area (Å²) in [7, 11) is 0. The fourth-order valence-electron chi connectivity index (χ4n) is 9.93. The quantitative estimate of drug-likeness (QED) is 0.172. The number of fused-ring (bicyclic) bond motifs is 12. The molecule has 0 radical (unpaired) electrons. The van der Waals surface area contributed by atoms with Crippen LogP contribution in [0.1, 0.15) is 37.7 Å². The van der Waals surface area contributed by atoms with Gasteiger partial charge in [-0.1, -0.05) is 91.0 Å². The van der Waals surface area contributed by atoms with Crippen LogP contribution in [0.15, 0.2) is 169 Å². The van der Waals surface area contributed by atoms with Gasteiger partial charge in [-0.3, -0.25) is 0 Å². The van der Waals surface area contributed by atoms with Gasteiger partial charge in [0.05, 0.1) is 16.6 Å². The molecule has 0 saturated heterocycles. The lowest BCUT2D eigenvalue weighted by molar-refractivity contribution is 0.307. The van der Waals surface area contributed by atoms with Crippen LogP contribution in [0.5, 0.6) is 0 Å². The third-order valence-electron chi connectivity index (χ3n) is 12.3. The third kappa shape index (κ3) is 4.16. The van der Waals surface area contributed by atoms with Crippen molar-refractivity contribution in [1.82, 2.24) is 4.40 Å². The van der Waals surface area contributed by atoms with Crippen LogP contribution in [-0.4, -0.2) is 4.40 Å². The second kappa shape index (κ2) is 11.1. The van der Waals surface area contributed by atoms with Crippen LogP contribution in [0, 0.1) is 5.92 Å². The van der Waals surface area contributed by atoms with Gasteiger partial charge in [-0.05, 0) is 131 Å². The molecule has 9 aromatic rings. The summed E-state index contributed by atoms with van der Waals surface area (Å²) in [5, 5.41) is 10.4. The lowest BCUT2D eigenvalue weighted by atomic mass is 9.80. The maximum atomic E-state index is 6.57. The van der Waals surface area contributed by atoms with Crippen LogP contribution in [0.3, 0.4) is 0 Å². The maximum absolute atomic E-state index is 6.57. The second-order valence-corrected chi connectivity index (χ2v) is 15.0. The zero-order valence-electron chi connectivity index (χ0n) is 29.3. The van der Waals surface area contributed by atoms with Gasteiger partial charge in [-0.2, -0.15) is 0 Å². The Bertz CT molecular complexity index is 3050. The molecule has 7 aromatic carbocycles. The van der Waals surface area contributed by atoms with Crippen molar-refractivity contribution >= 4 is 82.3 Å². The highest BCUT2D eigenvalue weighted by Crippen LogP contribution is 2.50. The minimum atomic E-state index is 0.447. The van der Waals surface area contributed by atoms with E-state index in [-0.39, 0.29) is 0 Å². The van der Waals surface area contributed by atoms with Crippen molar-refractivity contribution in [3.63, 3.8) is 0 Å². The van der Waals surface area contributed by atoms with E-state index in [2.05, 4.69) is 161 Å². The van der Waals surface area contributed by atoms with Gasteiger partial charge in [0.2, 0.25) is 0 Å². The molecular weight excluding hydrogens is 645 g/mol. The average molecular weight is 681 g/mol. The largest absolute Gasteiger partial charge is 0.461 e. The van der Waals surface area contributed by atoms with Gasteiger partial charge in [0, 0.05) is 44.5 Å². The molecule has 2 aliphatic carbocycles. The molecule has 3 aliphatic rings. The van der Waals surface area contributed by atoms with Gasteiger partial charge in [0.1, 0.15) is 11.5 Å². The predicted octanol–water partition coefficient (Wildman–Crippen LogP) is 13.8. The molecule has 3 heterocycles. The van der Waals surface area contributed by atoms with Gasteiger partial charge in [0.25, 0.3) is 0 Å². The summed E-state index contributed by atoms with van der Waals surface area (Å²) in [5.41, 5.74) is 11.4. The number of allylic oxidation sites excluding steroid dienone is 4. The molecule has 252 valence electrons. The van der Waals surface area contributed by atoms with Crippen LogP contribution in [0.4, 0.5) is 17.1 Å². The maximum Gasteiger partial charge on any atom is 0.126 e. The number of hydrogen-bond acceptors (Lipinski definition) is 2. The van der Waals surface area contributed by atoms with E-state index in [4.69, 9.17) is 4.74 Å². The first kappa shape index (κ1) is 29.3. The fourth-order valence-corrected chi connectivity index (χ4v) is 9.93. The molecule has 0 bridgehead atoms. The molecule has 53 heavy (non-hydrogen) atoms. The summed E-state index contributed by atoms with van der Waals surface area (Å²) in [5.74, 6) is 2.75. The summed E-state index contributed by atoms with van der Waals surface area (Å²) in [6, 6.07) is 51.8. The second-order valence-electron chi connectivity index (χ2n) is 15.0. The molecule has 1 aliphatic heterocycles.